The monoisotopic (exact) mass is 924 g/mol. The number of carbonyl (C=O) groups excluding carboxylic acids is 2. The van der Waals surface area contributed by atoms with E-state index in [-0.39, 0.29) is 22.3 Å². The maximum atomic E-state index is 16.8. The normalized spacial score (nSPS) is 31.6. The van der Waals surface area contributed by atoms with E-state index in [9.17, 15) is 28.3 Å². The van der Waals surface area contributed by atoms with Crippen molar-refractivity contribution in [2.75, 3.05) is 25.1 Å². The number of hydrogen-bond acceptors (Lipinski definition) is 20. The summed E-state index contributed by atoms with van der Waals surface area (Å²) < 4.78 is 111. The first-order valence-electron chi connectivity index (χ1n) is 18.1. The number of nitrogens with zero attached hydrogens (tertiary/aromatic N) is 6. The molecule has 0 radical (unpaired) electrons. The highest BCUT2D eigenvalue weighted by Crippen LogP contribution is 2.66. The maximum absolute atomic E-state index is 16.8. The molecular weight excluding hydrogens is 884 g/mol. The molecule has 3 saturated heterocycles. The van der Waals surface area contributed by atoms with Gasteiger partial charge in [0, 0.05) is 22.8 Å². The van der Waals surface area contributed by atoms with Gasteiger partial charge in [0.15, 0.2) is 47.1 Å². The lowest BCUT2D eigenvalue weighted by Crippen LogP contribution is -2.37. The second-order valence-electron chi connectivity index (χ2n) is 15.6. The van der Waals surface area contributed by atoms with Crippen molar-refractivity contribution in [3.8, 4) is 0 Å². The summed E-state index contributed by atoms with van der Waals surface area (Å²) in [6, 6.07) is 0. The average Bonchev–Trinajstić information content (AvgIpc) is 3.94. The number of fused-ring (bicyclic) bond motifs is 4. The van der Waals surface area contributed by atoms with E-state index in [1.54, 1.807) is 41.5 Å². The molecular formula is C32H40F2N8O14P2S2. The summed E-state index contributed by atoms with van der Waals surface area (Å²) >= 11 is 0.737. The van der Waals surface area contributed by atoms with Crippen LogP contribution in [0.1, 0.15) is 54.0 Å². The molecule has 3 fully saturated rings. The number of esters is 2. The fourth-order valence-corrected chi connectivity index (χ4v) is 11.6. The van der Waals surface area contributed by atoms with Gasteiger partial charge in [-0.05, 0) is 41.5 Å². The Labute approximate surface area is 346 Å². The summed E-state index contributed by atoms with van der Waals surface area (Å²) in [4.78, 5) is 70.9. The molecule has 2 N–H and O–H groups in total. The molecule has 0 saturated carbocycles. The van der Waals surface area contributed by atoms with Crippen LogP contribution in [0.15, 0.2) is 34.9 Å². The summed E-state index contributed by atoms with van der Waals surface area (Å²) in [5, 5.41) is 0. The third-order valence-corrected chi connectivity index (χ3v) is 15.8. The molecule has 0 aromatic carbocycles. The molecule has 7 heterocycles. The van der Waals surface area contributed by atoms with E-state index < -0.39 is 122 Å². The second kappa shape index (κ2) is 16.9. The summed E-state index contributed by atoms with van der Waals surface area (Å²) in [5.41, 5.74) is -3.68. The van der Waals surface area contributed by atoms with Crippen molar-refractivity contribution < 1.29 is 64.5 Å². The average molecular weight is 925 g/mol. The summed E-state index contributed by atoms with van der Waals surface area (Å²) in [6.07, 6.45) is -10.4. The van der Waals surface area contributed by atoms with Crippen molar-refractivity contribution in [1.82, 2.24) is 39.0 Å². The molecule has 0 aliphatic carbocycles. The van der Waals surface area contributed by atoms with Crippen LogP contribution in [-0.2, 0) is 55.8 Å². The highest BCUT2D eigenvalue weighted by atomic mass is 32.7. The third kappa shape index (κ3) is 9.13. The minimum absolute atomic E-state index is 0.0863. The van der Waals surface area contributed by atoms with Crippen molar-refractivity contribution in [1.29, 1.82) is 0 Å². The number of carbonyl (C=O) groups is 2. The summed E-state index contributed by atoms with van der Waals surface area (Å²) in [6.45, 7) is -1.56. The first-order valence-corrected chi connectivity index (χ1v) is 24.3. The number of nitrogens with one attached hydrogen (secondary N) is 2. The van der Waals surface area contributed by atoms with Gasteiger partial charge in [0.2, 0.25) is 0 Å². The molecule has 3 aliphatic rings. The molecule has 10 atom stereocenters. The molecule has 0 spiro atoms. The van der Waals surface area contributed by atoms with Crippen LogP contribution in [0.5, 0.6) is 0 Å². The Morgan fingerprint density at radius 2 is 1.12 bits per heavy atom. The van der Waals surface area contributed by atoms with Crippen molar-refractivity contribution in [3.63, 3.8) is 0 Å². The molecule has 60 heavy (non-hydrogen) atoms. The second-order valence-corrected chi connectivity index (χ2v) is 23.6. The molecule has 28 heteroatoms. The SMILES string of the molecule is CC(C)(C)C(=O)OCSP1(=O)OCC2OC(n3cnc4c(=O)[nH]cnc43)[C@H](F)[C@@H]2OP(=O)(SCOC(=O)C(C)(C)C)OCC2OC(n3cnc4c(=O)[nH]cnc43)[C@H](F)[C@@H]2O1. The van der Waals surface area contributed by atoms with Gasteiger partial charge < -0.3 is 28.9 Å². The topological polar surface area (TPSA) is 269 Å². The Hall–Kier alpha value is -3.58. The lowest BCUT2D eigenvalue weighted by atomic mass is 9.98. The summed E-state index contributed by atoms with van der Waals surface area (Å²) in [5.74, 6) is -2.58. The quantitative estimate of drug-likeness (QED) is 0.141. The highest BCUT2D eigenvalue weighted by molar-refractivity contribution is 8.55. The molecule has 6 unspecified atom stereocenters. The van der Waals surface area contributed by atoms with Crippen LogP contribution < -0.4 is 11.1 Å². The van der Waals surface area contributed by atoms with E-state index in [0.29, 0.717) is 22.8 Å². The first-order chi connectivity index (χ1) is 28.2. The Morgan fingerprint density at radius 3 is 1.48 bits per heavy atom. The van der Waals surface area contributed by atoms with Gasteiger partial charge >= 0.3 is 25.5 Å². The van der Waals surface area contributed by atoms with E-state index in [4.69, 9.17) is 37.0 Å². The van der Waals surface area contributed by atoms with Crippen LogP contribution in [0.2, 0.25) is 0 Å². The van der Waals surface area contributed by atoms with E-state index in [2.05, 4.69) is 29.9 Å². The number of aromatic amines is 2. The molecule has 3 aliphatic heterocycles. The Balaban J connectivity index is 1.25. The Morgan fingerprint density at radius 1 is 0.733 bits per heavy atom. The van der Waals surface area contributed by atoms with Crippen LogP contribution in [0.3, 0.4) is 0 Å². The number of imidazole rings is 2. The van der Waals surface area contributed by atoms with E-state index in [1.807, 2.05) is 0 Å². The predicted molar refractivity (Wildman–Crippen MR) is 207 cm³/mol. The standard InChI is InChI=1S/C32H40F2N8O14P2S2/c1-31(2,3)29(45)49-13-59-57(47)51-7-15-22(18(34)28(53-15)42-12-40-20-24(42)36-10-38-26(20)44)56-58(48,60-14-50-30(46)32(4,5)6)52-8-16-21(55-57)17(33)27(54-16)41-11-39-19-23(41)35-9-37-25(19)43/h9-12,15-18,21-22,27-28H,7-8,13-14H2,1-6H3,(H,35,37,43)(H,36,38,44)/t15?,16?,17-,18-,21-,22-,27?,28?,57?,58?/m1/s1. The number of H-pyrrole nitrogens is 2. The number of alkyl halides is 2. The number of aromatic nitrogens is 8. The molecule has 0 amide bonds. The minimum Gasteiger partial charge on any atom is -0.454 e. The molecule has 4 aromatic heterocycles. The Bertz CT molecular complexity index is 2310. The number of rotatable bonds is 8. The van der Waals surface area contributed by atoms with Crippen molar-refractivity contribution in [2.45, 2.75) is 90.8 Å². The van der Waals surface area contributed by atoms with E-state index in [1.165, 1.54) is 0 Å². The largest absolute Gasteiger partial charge is 0.454 e. The van der Waals surface area contributed by atoms with E-state index in [0.717, 1.165) is 34.4 Å². The van der Waals surface area contributed by atoms with Gasteiger partial charge in [0.25, 0.3) is 11.1 Å². The van der Waals surface area contributed by atoms with E-state index >= 15 is 8.78 Å². The van der Waals surface area contributed by atoms with Gasteiger partial charge in [-0.15, -0.1) is 0 Å². The minimum atomic E-state index is -4.71. The fraction of sp³-hybridized carbons (Fsp3) is 0.625. The van der Waals surface area contributed by atoms with Gasteiger partial charge in [-0.2, -0.15) is 0 Å². The number of halogens is 2. The molecule has 22 nitrogen and oxygen atoms in total. The molecule has 4 aromatic rings. The highest BCUT2D eigenvalue weighted by Gasteiger charge is 2.56. The Kier molecular flexibility index (Phi) is 12.6. The van der Waals surface area contributed by atoms with Crippen LogP contribution in [0.25, 0.3) is 22.3 Å². The summed E-state index contributed by atoms with van der Waals surface area (Å²) in [7, 11) is 0. The fourth-order valence-electron chi connectivity index (χ4n) is 6.00. The van der Waals surface area contributed by atoms with Crippen LogP contribution >= 0.6 is 36.4 Å². The first kappa shape index (κ1) is 44.5. The van der Waals surface area contributed by atoms with Gasteiger partial charge in [-0.3, -0.25) is 46.4 Å². The number of ether oxygens (including phenoxy) is 4. The van der Waals surface area contributed by atoms with Crippen molar-refractivity contribution >= 4 is 70.6 Å². The van der Waals surface area contributed by atoms with Crippen LogP contribution in [0.4, 0.5) is 8.78 Å². The molecule has 328 valence electrons. The smallest absolute Gasteiger partial charge is 0.392 e. The zero-order valence-electron chi connectivity index (χ0n) is 32.6. The molecule has 7 rings (SSSR count). The lowest BCUT2D eigenvalue weighted by Gasteiger charge is -2.30. The third-order valence-electron chi connectivity index (χ3n) is 9.13. The number of hydrogen-bond donors (Lipinski definition) is 2. The maximum Gasteiger partial charge on any atom is 0.392 e. The van der Waals surface area contributed by atoms with Crippen LogP contribution in [-0.4, -0.2) is 113 Å². The van der Waals surface area contributed by atoms with Gasteiger partial charge in [-0.25, -0.2) is 37.8 Å². The van der Waals surface area contributed by atoms with Crippen molar-refractivity contribution in [2.24, 2.45) is 10.8 Å². The zero-order valence-corrected chi connectivity index (χ0v) is 36.0. The van der Waals surface area contributed by atoms with Crippen molar-refractivity contribution in [3.05, 3.63) is 46.0 Å². The predicted octanol–water partition coefficient (Wildman–Crippen LogP) is 4.32. The van der Waals surface area contributed by atoms with Gasteiger partial charge in [0.05, 0.1) is 49.4 Å². The van der Waals surface area contributed by atoms with Crippen LogP contribution in [0, 0.1) is 10.8 Å². The van der Waals surface area contributed by atoms with Gasteiger partial charge in [0.1, 0.15) is 36.3 Å². The molecule has 0 bridgehead atoms. The zero-order chi connectivity index (χ0) is 43.4. The van der Waals surface area contributed by atoms with Gasteiger partial charge in [-0.1, -0.05) is 0 Å². The lowest BCUT2D eigenvalue weighted by molar-refractivity contribution is -0.151.